The molecule has 0 saturated carbocycles. The van der Waals surface area contributed by atoms with Crippen LogP contribution in [0.25, 0.3) is 33.3 Å². The van der Waals surface area contributed by atoms with Crippen LogP contribution in [0.15, 0.2) is 143 Å². The van der Waals surface area contributed by atoms with Crippen molar-refractivity contribution in [3.63, 3.8) is 0 Å². The molecule has 246 valence electrons. The highest BCUT2D eigenvalue weighted by Crippen LogP contribution is 2.54. The Hall–Kier alpha value is -6.20. The molecule has 10 heteroatoms. The lowest BCUT2D eigenvalue weighted by atomic mass is 9.99. The lowest BCUT2D eigenvalue weighted by Crippen LogP contribution is -2.23. The fourth-order valence-electron chi connectivity index (χ4n) is 6.85. The summed E-state index contributed by atoms with van der Waals surface area (Å²) in [7, 11) is 0. The minimum Gasteiger partial charge on any atom is -0.458 e. The van der Waals surface area contributed by atoms with Crippen LogP contribution < -0.4 is 19.3 Å². The largest absolute Gasteiger partial charge is 0.458 e. The SMILES string of the molecule is C=CC1=C(/C=C\C)N(c2cc3c4c(cc(N5C(/C=C\C)=C(C)Oc6ccccc65)cc4c2)-c2nc(SC#N)c(SC#N)nc2-3)c2ccccc2O1. The number of anilines is 4. The van der Waals surface area contributed by atoms with Gasteiger partial charge in [-0.1, -0.05) is 43.0 Å². The van der Waals surface area contributed by atoms with E-state index in [1.807, 2.05) is 93.6 Å². The van der Waals surface area contributed by atoms with E-state index < -0.39 is 0 Å². The zero-order valence-electron chi connectivity index (χ0n) is 27.8. The number of allylic oxidation sites excluding steroid dienone is 6. The number of aromatic nitrogens is 2. The normalized spacial score (nSPS) is 14.3. The van der Waals surface area contributed by atoms with Gasteiger partial charge < -0.3 is 19.3 Å². The number of benzene rings is 4. The third-order valence-electron chi connectivity index (χ3n) is 8.79. The van der Waals surface area contributed by atoms with Gasteiger partial charge in [0.15, 0.2) is 17.3 Å². The van der Waals surface area contributed by atoms with E-state index in [1.54, 1.807) is 6.08 Å². The number of para-hydroxylation sites is 4. The van der Waals surface area contributed by atoms with Crippen molar-refractivity contribution in [2.45, 2.75) is 30.8 Å². The summed E-state index contributed by atoms with van der Waals surface area (Å²) in [5, 5.41) is 26.3. The Labute approximate surface area is 304 Å². The van der Waals surface area contributed by atoms with Crippen LogP contribution in [0.1, 0.15) is 20.8 Å². The molecule has 0 fully saturated rings. The molecule has 0 saturated heterocycles. The predicted molar refractivity (Wildman–Crippen MR) is 205 cm³/mol. The average Bonchev–Trinajstić information content (AvgIpc) is 3.44. The summed E-state index contributed by atoms with van der Waals surface area (Å²) in [6.07, 6.45) is 9.77. The van der Waals surface area contributed by atoms with Gasteiger partial charge >= 0.3 is 0 Å². The van der Waals surface area contributed by atoms with Crippen molar-refractivity contribution in [3.05, 3.63) is 133 Å². The quantitative estimate of drug-likeness (QED) is 0.118. The zero-order valence-corrected chi connectivity index (χ0v) is 29.5. The zero-order chi connectivity index (χ0) is 35.2. The lowest BCUT2D eigenvalue weighted by molar-refractivity contribution is 0.414. The van der Waals surface area contributed by atoms with E-state index >= 15 is 0 Å². The molecule has 8 nitrogen and oxygen atoms in total. The molecule has 8 rings (SSSR count). The van der Waals surface area contributed by atoms with E-state index in [4.69, 9.17) is 19.4 Å². The third kappa shape index (κ3) is 5.16. The lowest BCUT2D eigenvalue weighted by Gasteiger charge is -2.34. The molecule has 51 heavy (non-hydrogen) atoms. The first-order valence-electron chi connectivity index (χ1n) is 16.1. The number of rotatable bonds is 7. The second-order valence-corrected chi connectivity index (χ2v) is 13.3. The van der Waals surface area contributed by atoms with Crippen LogP contribution in [0.2, 0.25) is 0 Å². The van der Waals surface area contributed by atoms with Crippen molar-refractivity contribution in [2.24, 2.45) is 0 Å². The van der Waals surface area contributed by atoms with Crippen LogP contribution >= 0.6 is 23.5 Å². The molecule has 0 atom stereocenters. The molecule has 4 aromatic carbocycles. The van der Waals surface area contributed by atoms with E-state index in [9.17, 15) is 10.5 Å². The number of thioether (sulfide) groups is 2. The molecule has 0 N–H and O–H groups in total. The fourth-order valence-corrected chi connectivity index (χ4v) is 7.82. The molecular formula is C41H28N6O2S2. The first kappa shape index (κ1) is 32.0. The van der Waals surface area contributed by atoms with Gasteiger partial charge in [-0.05, 0) is 92.9 Å². The number of hydrogen-bond acceptors (Lipinski definition) is 10. The fraction of sp³-hybridized carbons (Fsp3) is 0.0732. The molecule has 1 aliphatic carbocycles. The number of fused-ring (bicyclic) bond motifs is 5. The third-order valence-corrected chi connectivity index (χ3v) is 10.1. The summed E-state index contributed by atoms with van der Waals surface area (Å²) in [6, 6.07) is 24.5. The number of hydrogen-bond donors (Lipinski definition) is 0. The Kier molecular flexibility index (Phi) is 8.12. The molecule has 0 unspecified atom stereocenters. The van der Waals surface area contributed by atoms with Crippen molar-refractivity contribution in [1.82, 2.24) is 9.97 Å². The van der Waals surface area contributed by atoms with Crippen molar-refractivity contribution >= 4 is 57.0 Å². The van der Waals surface area contributed by atoms with E-state index in [0.717, 1.165) is 91.1 Å². The van der Waals surface area contributed by atoms with Crippen LogP contribution in [0.3, 0.4) is 0 Å². The highest BCUT2D eigenvalue weighted by Gasteiger charge is 2.33. The molecule has 1 aromatic heterocycles. The minimum atomic E-state index is 0.394. The summed E-state index contributed by atoms with van der Waals surface area (Å²) >= 11 is 1.81. The van der Waals surface area contributed by atoms with Crippen LogP contribution in [0.4, 0.5) is 22.7 Å². The van der Waals surface area contributed by atoms with Crippen LogP contribution in [0.5, 0.6) is 11.5 Å². The first-order chi connectivity index (χ1) is 25.0. The van der Waals surface area contributed by atoms with E-state index in [-0.39, 0.29) is 0 Å². The van der Waals surface area contributed by atoms with E-state index in [0.29, 0.717) is 32.9 Å². The van der Waals surface area contributed by atoms with Gasteiger partial charge in [-0.25, -0.2) is 9.97 Å². The predicted octanol–water partition coefficient (Wildman–Crippen LogP) is 11.3. The summed E-state index contributed by atoms with van der Waals surface area (Å²) in [5.74, 6) is 2.86. The molecule has 0 spiro atoms. The number of nitriles is 2. The molecule has 2 aliphatic heterocycles. The average molecular weight is 701 g/mol. The topological polar surface area (TPSA) is 98.3 Å². The molecule has 0 radical (unpaired) electrons. The van der Waals surface area contributed by atoms with E-state index in [1.165, 1.54) is 0 Å². The number of nitrogens with zero attached hydrogens (tertiary/aromatic N) is 6. The van der Waals surface area contributed by atoms with E-state index in [2.05, 4.69) is 51.4 Å². The Morgan fingerprint density at radius 2 is 1.24 bits per heavy atom. The Bertz CT molecular complexity index is 2540. The van der Waals surface area contributed by atoms with Crippen molar-refractivity contribution < 1.29 is 9.47 Å². The summed E-state index contributed by atoms with van der Waals surface area (Å²) in [4.78, 5) is 14.4. The number of thiocyanates is 2. The van der Waals surface area contributed by atoms with Gasteiger partial charge in [0.1, 0.15) is 26.6 Å². The smallest absolute Gasteiger partial charge is 0.151 e. The molecular weight excluding hydrogens is 673 g/mol. The molecule has 3 heterocycles. The van der Waals surface area contributed by atoms with Crippen molar-refractivity contribution in [1.29, 1.82) is 10.5 Å². The highest BCUT2D eigenvalue weighted by molar-refractivity contribution is 8.06. The van der Waals surface area contributed by atoms with Gasteiger partial charge in [0.2, 0.25) is 0 Å². The van der Waals surface area contributed by atoms with Crippen LogP contribution in [-0.4, -0.2) is 9.97 Å². The highest BCUT2D eigenvalue weighted by atomic mass is 32.2. The second-order valence-electron chi connectivity index (χ2n) is 11.7. The molecule has 0 bridgehead atoms. The van der Waals surface area contributed by atoms with Crippen LogP contribution in [-0.2, 0) is 0 Å². The maximum atomic E-state index is 9.66. The Morgan fingerprint density at radius 1 is 0.725 bits per heavy atom. The Morgan fingerprint density at radius 3 is 1.76 bits per heavy atom. The van der Waals surface area contributed by atoms with Gasteiger partial charge in [0, 0.05) is 51.4 Å². The van der Waals surface area contributed by atoms with Crippen molar-refractivity contribution in [2.75, 3.05) is 9.80 Å². The summed E-state index contributed by atoms with van der Waals surface area (Å²) < 4.78 is 12.6. The maximum Gasteiger partial charge on any atom is 0.151 e. The van der Waals surface area contributed by atoms with Gasteiger partial charge in [0.05, 0.1) is 34.2 Å². The van der Waals surface area contributed by atoms with Gasteiger partial charge in [0.25, 0.3) is 0 Å². The Balaban J connectivity index is 1.46. The minimum absolute atomic E-state index is 0.394. The standard InChI is InChI=1S/C41H28N6O2S2/c1-5-12-30-24(4)48-35-16-10-8-14-32(35)46(30)26-18-25-19-27(47-31(13-6-2)34(7-3)49-36-17-11-9-15-33(36)47)21-29-37(25)28(20-26)38-39(29)45-41(51-23-43)40(44-38)50-22-42/h5-21H,3H2,1-2,4H3/b12-5-,13-6-. The number of ether oxygens (including phenoxy) is 2. The van der Waals surface area contributed by atoms with Crippen molar-refractivity contribution in [3.8, 4) is 44.8 Å². The summed E-state index contributed by atoms with van der Waals surface area (Å²) in [5.41, 5.74) is 8.37. The summed E-state index contributed by atoms with van der Waals surface area (Å²) in [6.45, 7) is 9.99. The molecule has 3 aliphatic rings. The van der Waals surface area contributed by atoms with Crippen LogP contribution in [0, 0.1) is 21.3 Å². The molecule has 5 aromatic rings. The molecule has 0 amide bonds. The maximum absolute atomic E-state index is 9.66. The second kappa shape index (κ2) is 12.9. The van der Waals surface area contributed by atoms with Gasteiger partial charge in [-0.2, -0.15) is 10.5 Å². The first-order valence-corrected chi connectivity index (χ1v) is 17.8. The monoisotopic (exact) mass is 700 g/mol. The van der Waals surface area contributed by atoms with Gasteiger partial charge in [-0.15, -0.1) is 0 Å². The van der Waals surface area contributed by atoms with Gasteiger partial charge in [-0.3, -0.25) is 0 Å².